The van der Waals surface area contributed by atoms with E-state index in [4.69, 9.17) is 0 Å². The maximum absolute atomic E-state index is 14.7. The molecule has 0 aliphatic carbocycles. The number of carbonyl (C=O) groups excluding carboxylic acids is 2. The molecular formula is C23H20F3IN4O5S2. The molecule has 0 spiro atoms. The van der Waals surface area contributed by atoms with Crippen LogP contribution in [0.1, 0.15) is 10.4 Å². The van der Waals surface area contributed by atoms with Crippen LogP contribution in [0.25, 0.3) is 0 Å². The van der Waals surface area contributed by atoms with Gasteiger partial charge >= 0.3 is 0 Å². The van der Waals surface area contributed by atoms with Crippen LogP contribution in [0, 0.1) is 31.1 Å². The molecule has 2 aliphatic rings. The van der Waals surface area contributed by atoms with E-state index >= 15 is 0 Å². The van der Waals surface area contributed by atoms with Crippen LogP contribution in [0.4, 0.5) is 24.5 Å². The molecular weight excluding hydrogens is 660 g/mol. The summed E-state index contributed by atoms with van der Waals surface area (Å²) >= 11 is 1.89. The summed E-state index contributed by atoms with van der Waals surface area (Å²) in [4.78, 5) is 38.5. The maximum atomic E-state index is 14.7. The lowest BCUT2D eigenvalue weighted by molar-refractivity contribution is -0.289. The smallest absolute Gasteiger partial charge is 0.263 e. The van der Waals surface area contributed by atoms with Crippen LogP contribution in [0.2, 0.25) is 0 Å². The number of amides is 2. The summed E-state index contributed by atoms with van der Waals surface area (Å²) in [5.74, 6) is -4.81. The highest BCUT2D eigenvalue weighted by Gasteiger charge is 2.47. The van der Waals surface area contributed by atoms with E-state index in [1.54, 1.807) is 6.07 Å². The number of allylic oxidation sites excluding steroid dienone is 2. The quantitative estimate of drug-likeness (QED) is 0.163. The van der Waals surface area contributed by atoms with Crippen LogP contribution < -0.4 is 10.6 Å². The Labute approximate surface area is 233 Å². The lowest BCUT2D eigenvalue weighted by atomic mass is 9.92. The van der Waals surface area contributed by atoms with Crippen LogP contribution in [0.3, 0.4) is 0 Å². The van der Waals surface area contributed by atoms with Gasteiger partial charge in [-0.15, -0.1) is 0 Å². The van der Waals surface area contributed by atoms with Gasteiger partial charge in [0.1, 0.15) is 25.6 Å². The van der Waals surface area contributed by atoms with Crippen molar-refractivity contribution in [2.45, 2.75) is 5.60 Å². The normalized spacial score (nSPS) is 21.2. The van der Waals surface area contributed by atoms with Crippen molar-refractivity contribution in [1.82, 2.24) is 10.2 Å². The van der Waals surface area contributed by atoms with Gasteiger partial charge in [-0.05, 0) is 82.1 Å². The zero-order valence-electron chi connectivity index (χ0n) is 19.5. The molecule has 2 aliphatic heterocycles. The van der Waals surface area contributed by atoms with E-state index in [0.29, 0.717) is 3.57 Å². The van der Waals surface area contributed by atoms with Gasteiger partial charge in [-0.1, -0.05) is 0 Å². The fourth-order valence-electron chi connectivity index (χ4n) is 3.95. The number of likely N-dealkylation sites (tertiary alicyclic amines) is 1. The van der Waals surface area contributed by atoms with Gasteiger partial charge < -0.3 is 20.6 Å². The predicted octanol–water partition coefficient (Wildman–Crippen LogP) is 4.44. The zero-order valence-corrected chi connectivity index (χ0v) is 23.3. The first-order valence-electron chi connectivity index (χ1n) is 10.8. The lowest BCUT2D eigenvalue weighted by Crippen LogP contribution is -2.67. The molecule has 2 aromatic carbocycles. The Morgan fingerprint density at radius 1 is 1.24 bits per heavy atom. The molecule has 3 N–H and O–H groups in total. The van der Waals surface area contributed by atoms with Gasteiger partial charge in [-0.2, -0.15) is 0 Å². The highest BCUT2D eigenvalue weighted by molar-refractivity contribution is 14.1. The highest BCUT2D eigenvalue weighted by Crippen LogP contribution is 2.68. The number of β-amino-alcohol motifs (C(OH)–C–C–N with tert-alkyl or cyclic N) is 1. The molecule has 2 aromatic rings. The third-order valence-corrected chi connectivity index (χ3v) is 11.7. The lowest BCUT2D eigenvalue weighted by Gasteiger charge is -2.46. The number of halogens is 4. The minimum absolute atomic E-state index is 0.0220. The second kappa shape index (κ2) is 10.8. The molecule has 15 heteroatoms. The van der Waals surface area contributed by atoms with E-state index in [9.17, 15) is 38.0 Å². The monoisotopic (exact) mass is 680 g/mol. The van der Waals surface area contributed by atoms with Crippen molar-refractivity contribution in [3.63, 3.8) is 0 Å². The molecule has 2 amide bonds. The Bertz CT molecular complexity index is 1400. The number of carbonyl (C=O) groups is 2. The van der Waals surface area contributed by atoms with Gasteiger partial charge in [0.2, 0.25) is 0 Å². The van der Waals surface area contributed by atoms with Crippen molar-refractivity contribution >= 4 is 65.8 Å². The molecule has 0 aromatic heterocycles. The average molecular weight is 680 g/mol. The minimum Gasteiger partial charge on any atom is -0.384 e. The Morgan fingerprint density at radius 2 is 1.95 bits per heavy atom. The van der Waals surface area contributed by atoms with Crippen LogP contribution in [0.5, 0.6) is 0 Å². The number of aliphatic hydroxyl groups is 1. The van der Waals surface area contributed by atoms with Crippen LogP contribution in [0.15, 0.2) is 52.8 Å². The topological polar surface area (TPSA) is 125 Å². The van der Waals surface area contributed by atoms with E-state index in [1.807, 2.05) is 22.6 Å². The summed E-state index contributed by atoms with van der Waals surface area (Å²) in [5, 5.41) is 28.7. The molecule has 202 valence electrons. The van der Waals surface area contributed by atoms with Crippen molar-refractivity contribution in [1.29, 1.82) is 0 Å². The maximum Gasteiger partial charge on any atom is 0.263 e. The summed E-state index contributed by atoms with van der Waals surface area (Å²) in [6, 6.07) is 5.86. The second-order valence-electron chi connectivity index (χ2n) is 8.42. The number of hydrogen-bond acceptors (Lipinski definition) is 7. The van der Waals surface area contributed by atoms with Crippen molar-refractivity contribution in [3.05, 3.63) is 89.5 Å². The highest BCUT2D eigenvalue weighted by atomic mass is 127. The number of benzene rings is 2. The van der Waals surface area contributed by atoms with Crippen LogP contribution in [-0.4, -0.2) is 57.6 Å². The summed E-state index contributed by atoms with van der Waals surface area (Å²) in [7, 11) is -1.80. The predicted molar refractivity (Wildman–Crippen MR) is 148 cm³/mol. The standard InChI is InChI=1S/C23H20F3IN4O5S2/c1-37-38(31(35)36)8-2-3-18(38)21(32)28-10-23(34)11-30(12-23)22(33)14-5-6-15(24)19(26)20(14)29-17-7-4-13(27)9-16(17)25/h2-9,29,34H,10-12H2,1H3,(H,28,32). The molecule has 0 radical (unpaired) electrons. The fourth-order valence-corrected chi connectivity index (χ4v) is 7.95. The van der Waals surface area contributed by atoms with Gasteiger partial charge in [0.25, 0.3) is 11.8 Å². The molecule has 1 fully saturated rings. The molecule has 2 heterocycles. The van der Waals surface area contributed by atoms with Gasteiger partial charge in [0.05, 0.1) is 40.9 Å². The molecule has 1 unspecified atom stereocenters. The number of nitrogens with zero attached hydrogens (tertiary/aromatic N) is 2. The first kappa shape index (κ1) is 28.3. The van der Waals surface area contributed by atoms with Crippen molar-refractivity contribution in [2.24, 2.45) is 0 Å². The van der Waals surface area contributed by atoms with Crippen molar-refractivity contribution in [2.75, 3.05) is 31.2 Å². The first-order chi connectivity index (χ1) is 17.9. The molecule has 4 rings (SSSR count). The molecule has 38 heavy (non-hydrogen) atoms. The van der Waals surface area contributed by atoms with E-state index < -0.39 is 54.1 Å². The summed E-state index contributed by atoms with van der Waals surface area (Å²) in [5.41, 5.74) is -2.55. The number of nitrogens with one attached hydrogen (secondary N) is 2. The number of anilines is 2. The second-order valence-corrected chi connectivity index (χ2v) is 14.7. The third kappa shape index (κ3) is 5.23. The molecule has 0 bridgehead atoms. The van der Waals surface area contributed by atoms with Crippen LogP contribution >= 0.6 is 42.6 Å². The summed E-state index contributed by atoms with van der Waals surface area (Å²) < 4.78 is 43.1. The van der Waals surface area contributed by atoms with Gasteiger partial charge in [-0.25, -0.2) is 13.2 Å². The summed E-state index contributed by atoms with van der Waals surface area (Å²) in [6.45, 7) is -0.809. The van der Waals surface area contributed by atoms with E-state index in [-0.39, 0.29) is 35.8 Å². The number of hydrogen-bond donors (Lipinski definition) is 3. The van der Waals surface area contributed by atoms with Crippen LogP contribution in [-0.2, 0) is 4.79 Å². The Morgan fingerprint density at radius 3 is 2.58 bits per heavy atom. The third-order valence-electron chi connectivity index (χ3n) is 5.88. The molecule has 1 saturated heterocycles. The first-order valence-corrected chi connectivity index (χ1v) is 15.3. The van der Waals surface area contributed by atoms with Gasteiger partial charge in [-0.3, -0.25) is 19.7 Å². The van der Waals surface area contributed by atoms with Crippen molar-refractivity contribution < 1.29 is 32.2 Å². The molecule has 9 nitrogen and oxygen atoms in total. The van der Waals surface area contributed by atoms with Crippen molar-refractivity contribution in [3.8, 4) is 0 Å². The molecule has 0 saturated carbocycles. The Kier molecular flexibility index (Phi) is 8.02. The molecule has 1 atom stereocenters. The Balaban J connectivity index is 1.44. The average Bonchev–Trinajstić information content (AvgIpc) is 3.30. The van der Waals surface area contributed by atoms with E-state index in [2.05, 4.69) is 10.6 Å². The zero-order chi connectivity index (χ0) is 27.8. The van der Waals surface area contributed by atoms with Gasteiger partial charge in [0.15, 0.2) is 11.6 Å². The number of nitro groups is 1. The summed E-state index contributed by atoms with van der Waals surface area (Å²) in [6.07, 6.45) is 4.34. The fraction of sp³-hybridized carbons (Fsp3) is 0.217. The van der Waals surface area contributed by atoms with Gasteiger partial charge in [0, 0.05) is 8.98 Å². The van der Waals surface area contributed by atoms with E-state index in [1.165, 1.54) is 35.9 Å². The Hall–Kier alpha value is -2.76. The largest absolute Gasteiger partial charge is 0.384 e. The minimum atomic E-state index is -2.76. The number of rotatable bonds is 8. The van der Waals surface area contributed by atoms with E-state index in [0.717, 1.165) is 27.8 Å². The SMILES string of the molecule is CSS1([N+](=O)[O-])C=CC=C1C(=O)NCC1(O)CN(C(=O)c2ccc(F)c(F)c2Nc2ccc(I)cc2F)C1.